The quantitative estimate of drug-likeness (QED) is 0.0541. The Morgan fingerprint density at radius 3 is 1.63 bits per heavy atom. The molecule has 4 rings (SSSR count). The first-order valence-corrected chi connectivity index (χ1v) is 13.2. The van der Waals surface area contributed by atoms with Crippen LogP contribution < -0.4 is 21.6 Å². The fourth-order valence-corrected chi connectivity index (χ4v) is 4.17. The molecule has 0 bridgehead atoms. The number of rotatable bonds is 6. The van der Waals surface area contributed by atoms with Crippen LogP contribution in [0.15, 0.2) is 66.7 Å². The summed E-state index contributed by atoms with van der Waals surface area (Å²) in [6, 6.07) is 13.5. The minimum absolute atomic E-state index is 0.00755. The van der Waals surface area contributed by atoms with Crippen LogP contribution >= 0.6 is 45.2 Å². The van der Waals surface area contributed by atoms with E-state index in [0.717, 1.165) is 24.3 Å². The van der Waals surface area contributed by atoms with Crippen molar-refractivity contribution in [2.24, 2.45) is 0 Å². The zero-order valence-electron chi connectivity index (χ0n) is 20.2. The second-order valence-electron chi connectivity index (χ2n) is 7.85. The lowest BCUT2D eigenvalue weighted by atomic mass is 10.1. The Kier molecular flexibility index (Phi) is 11.2. The number of benzene rings is 4. The van der Waals surface area contributed by atoms with Gasteiger partial charge in [0.05, 0.1) is 33.9 Å². The molecule has 0 aliphatic carbocycles. The van der Waals surface area contributed by atoms with Crippen molar-refractivity contribution in [3.05, 3.63) is 114 Å². The number of halogens is 7. The molecule has 0 saturated heterocycles. The van der Waals surface area contributed by atoms with E-state index in [-0.39, 0.29) is 28.2 Å². The Hall–Kier alpha value is -3.55. The molecule has 0 aliphatic rings. The summed E-state index contributed by atoms with van der Waals surface area (Å²) < 4.78 is 69.2. The molecule has 0 radical (unpaired) electrons. The van der Waals surface area contributed by atoms with E-state index in [4.69, 9.17) is 10.4 Å². The first-order valence-electron chi connectivity index (χ1n) is 11.1. The molecule has 4 aromatic carbocycles. The Bertz CT molecular complexity index is 1610. The number of carbonyl (C=O) groups is 2. The van der Waals surface area contributed by atoms with Gasteiger partial charge in [-0.2, -0.15) is 0 Å². The van der Waals surface area contributed by atoms with E-state index < -0.39 is 46.6 Å². The first kappa shape index (κ1) is 32.0. The van der Waals surface area contributed by atoms with Crippen LogP contribution in [0.5, 0.6) is 0 Å². The highest BCUT2D eigenvalue weighted by molar-refractivity contribution is 14.1. The van der Waals surface area contributed by atoms with Gasteiger partial charge in [-0.15, -0.1) is 0 Å². The molecule has 15 heteroatoms. The largest absolute Gasteiger partial charge is 0.352 e. The Labute approximate surface area is 256 Å². The number of hydroxylamine groups is 2. The Morgan fingerprint density at radius 2 is 1.10 bits per heavy atom. The number of nitrogens with one attached hydrogen (secondary N) is 4. The van der Waals surface area contributed by atoms with Gasteiger partial charge in [0.2, 0.25) is 0 Å². The third-order valence-electron chi connectivity index (χ3n) is 5.16. The van der Waals surface area contributed by atoms with Crippen molar-refractivity contribution >= 4 is 79.7 Å². The van der Waals surface area contributed by atoms with Crippen LogP contribution in [0.4, 0.5) is 44.7 Å². The highest BCUT2D eigenvalue weighted by Gasteiger charge is 2.20. The second-order valence-corrected chi connectivity index (χ2v) is 10.3. The molecule has 214 valence electrons. The van der Waals surface area contributed by atoms with Gasteiger partial charge in [0.25, 0.3) is 11.8 Å². The van der Waals surface area contributed by atoms with Gasteiger partial charge in [-0.3, -0.25) is 20.0 Å². The molecule has 0 spiro atoms. The first-order chi connectivity index (χ1) is 19.4. The van der Waals surface area contributed by atoms with Gasteiger partial charge in [0, 0.05) is 7.14 Å². The standard InChI is InChI=1S/C13H8F3IN2O2.C13H9F2IN2O2/c14-8-3-2-7(13(20)19-21)12(11(8)16)18-10-4-1-6(17)5-9(10)15;14-7-1-3-9(13(19)18-20)12(5-7)17-11-4-2-8(16)6-10(11)15/h1-5,18,21H,(H,19,20);1-6,17,20H,(H,18,19). The third-order valence-corrected chi connectivity index (χ3v) is 6.50. The van der Waals surface area contributed by atoms with Crippen LogP contribution in [0.25, 0.3) is 0 Å². The Balaban J connectivity index is 0.000000226. The number of hydrogen-bond donors (Lipinski definition) is 6. The van der Waals surface area contributed by atoms with E-state index in [1.165, 1.54) is 41.3 Å². The lowest BCUT2D eigenvalue weighted by Crippen LogP contribution is -2.20. The van der Waals surface area contributed by atoms with Gasteiger partial charge >= 0.3 is 0 Å². The van der Waals surface area contributed by atoms with Crippen LogP contribution in [-0.4, -0.2) is 22.2 Å². The molecule has 41 heavy (non-hydrogen) atoms. The maximum Gasteiger partial charge on any atom is 0.276 e. The predicted octanol–water partition coefficient (Wildman–Crippen LogP) is 7.00. The van der Waals surface area contributed by atoms with Crippen molar-refractivity contribution in [1.82, 2.24) is 11.0 Å². The minimum Gasteiger partial charge on any atom is -0.352 e. The molecular weight excluding hydrogens is 781 g/mol. The van der Waals surface area contributed by atoms with Crippen LogP contribution in [0.1, 0.15) is 20.7 Å². The molecule has 0 aliphatic heterocycles. The van der Waals surface area contributed by atoms with Crippen molar-refractivity contribution in [2.75, 3.05) is 10.6 Å². The van der Waals surface area contributed by atoms with E-state index in [9.17, 15) is 31.5 Å². The van der Waals surface area contributed by atoms with E-state index in [1.54, 1.807) is 12.1 Å². The molecule has 0 atom stereocenters. The number of amides is 2. The van der Waals surface area contributed by atoms with E-state index in [1.807, 2.05) is 45.2 Å². The van der Waals surface area contributed by atoms with E-state index in [0.29, 0.717) is 7.14 Å². The summed E-state index contributed by atoms with van der Waals surface area (Å²) >= 11 is 3.85. The van der Waals surface area contributed by atoms with Crippen molar-refractivity contribution in [1.29, 1.82) is 0 Å². The molecule has 0 heterocycles. The zero-order valence-corrected chi connectivity index (χ0v) is 24.5. The Morgan fingerprint density at radius 1 is 0.585 bits per heavy atom. The monoisotopic (exact) mass is 798 g/mol. The molecular formula is C26H17F5I2N4O4. The zero-order chi connectivity index (χ0) is 30.3. The lowest BCUT2D eigenvalue weighted by molar-refractivity contribution is 0.0702. The fourth-order valence-electron chi connectivity index (χ4n) is 3.26. The minimum atomic E-state index is -1.35. The van der Waals surface area contributed by atoms with Crippen molar-refractivity contribution in [2.45, 2.75) is 0 Å². The maximum absolute atomic E-state index is 13.8. The van der Waals surface area contributed by atoms with Crippen molar-refractivity contribution in [3.8, 4) is 0 Å². The number of carbonyl (C=O) groups excluding carboxylic acids is 2. The summed E-state index contributed by atoms with van der Waals surface area (Å²) in [6.07, 6.45) is 0. The molecule has 8 nitrogen and oxygen atoms in total. The number of anilines is 4. The van der Waals surface area contributed by atoms with Gasteiger partial charge in [-0.1, -0.05) is 0 Å². The fraction of sp³-hybridized carbons (Fsp3) is 0. The van der Waals surface area contributed by atoms with Gasteiger partial charge in [0.15, 0.2) is 11.6 Å². The smallest absolute Gasteiger partial charge is 0.276 e. The topological polar surface area (TPSA) is 123 Å². The predicted molar refractivity (Wildman–Crippen MR) is 156 cm³/mol. The highest BCUT2D eigenvalue weighted by Crippen LogP contribution is 2.29. The van der Waals surface area contributed by atoms with Gasteiger partial charge in [-0.05, 0) is 112 Å². The molecule has 0 aromatic heterocycles. The third kappa shape index (κ3) is 8.24. The summed E-state index contributed by atoms with van der Waals surface area (Å²) in [6.45, 7) is 0. The summed E-state index contributed by atoms with van der Waals surface area (Å²) in [5.41, 5.74) is 1.85. The maximum atomic E-state index is 13.8. The molecule has 0 fully saturated rings. The normalized spacial score (nSPS) is 10.3. The summed E-state index contributed by atoms with van der Waals surface area (Å²) in [4.78, 5) is 22.9. The molecule has 0 saturated carbocycles. The number of hydrogen-bond acceptors (Lipinski definition) is 6. The van der Waals surface area contributed by atoms with Crippen molar-refractivity contribution in [3.63, 3.8) is 0 Å². The van der Waals surface area contributed by atoms with E-state index >= 15 is 0 Å². The van der Waals surface area contributed by atoms with Gasteiger partial charge < -0.3 is 10.6 Å². The average Bonchev–Trinajstić information content (AvgIpc) is 2.94. The van der Waals surface area contributed by atoms with E-state index in [2.05, 4.69) is 10.6 Å². The average molecular weight is 798 g/mol. The van der Waals surface area contributed by atoms with Crippen LogP contribution in [0.3, 0.4) is 0 Å². The summed E-state index contributed by atoms with van der Waals surface area (Å²) in [5, 5.41) is 22.2. The van der Waals surface area contributed by atoms with Crippen molar-refractivity contribution < 1.29 is 42.0 Å². The van der Waals surface area contributed by atoms with Crippen LogP contribution in [0, 0.1) is 36.2 Å². The van der Waals surface area contributed by atoms with Crippen LogP contribution in [-0.2, 0) is 0 Å². The molecule has 2 amide bonds. The second kappa shape index (κ2) is 14.4. The van der Waals surface area contributed by atoms with Crippen LogP contribution in [0.2, 0.25) is 0 Å². The summed E-state index contributed by atoms with van der Waals surface area (Å²) in [5.74, 6) is -6.25. The highest BCUT2D eigenvalue weighted by atomic mass is 127. The van der Waals surface area contributed by atoms with Gasteiger partial charge in [-0.25, -0.2) is 32.9 Å². The molecule has 0 unspecified atom stereocenters. The SMILES string of the molecule is O=C(NO)c1ccc(F)c(F)c1Nc1ccc(I)cc1F.O=C(NO)c1ccc(F)cc1Nc1ccc(I)cc1F. The molecule has 4 aromatic rings. The van der Waals surface area contributed by atoms with Gasteiger partial charge in [0.1, 0.15) is 17.5 Å². The summed E-state index contributed by atoms with van der Waals surface area (Å²) in [7, 11) is 0. The molecule has 6 N–H and O–H groups in total. The lowest BCUT2D eigenvalue weighted by Gasteiger charge is -2.13.